The van der Waals surface area contributed by atoms with Crippen molar-refractivity contribution in [3.8, 4) is 5.75 Å². The third-order valence-electron chi connectivity index (χ3n) is 4.35. The topological polar surface area (TPSA) is 27.7 Å². The van der Waals surface area contributed by atoms with Gasteiger partial charge in [-0.2, -0.15) is 0 Å². The van der Waals surface area contributed by atoms with Crippen LogP contribution in [-0.4, -0.2) is 63.2 Å². The Morgan fingerprint density at radius 3 is 2.86 bits per heavy atom. The predicted molar refractivity (Wildman–Crippen MR) is 87.9 cm³/mol. The first-order valence-electron chi connectivity index (χ1n) is 7.91. The summed E-state index contributed by atoms with van der Waals surface area (Å²) >= 11 is 0. The first-order valence-corrected chi connectivity index (χ1v) is 7.91. The zero-order valence-corrected chi connectivity index (χ0v) is 13.8. The van der Waals surface area contributed by atoms with Gasteiger partial charge in [-0.05, 0) is 44.8 Å². The lowest BCUT2D eigenvalue weighted by atomic mass is 9.96. The molecule has 0 radical (unpaired) electrons. The van der Waals surface area contributed by atoms with E-state index in [9.17, 15) is 0 Å². The second-order valence-electron chi connectivity index (χ2n) is 6.02. The summed E-state index contributed by atoms with van der Waals surface area (Å²) in [4.78, 5) is 4.90. The van der Waals surface area contributed by atoms with Crippen molar-refractivity contribution in [2.75, 3.05) is 47.4 Å². The van der Waals surface area contributed by atoms with Crippen LogP contribution in [0.5, 0.6) is 5.75 Å². The van der Waals surface area contributed by atoms with Crippen LogP contribution < -0.4 is 10.1 Å². The molecule has 0 bridgehead atoms. The van der Waals surface area contributed by atoms with Crippen molar-refractivity contribution in [1.29, 1.82) is 0 Å². The van der Waals surface area contributed by atoms with E-state index in [0.29, 0.717) is 12.1 Å². The van der Waals surface area contributed by atoms with Gasteiger partial charge in [0, 0.05) is 31.7 Å². The molecule has 1 aromatic carbocycles. The molecule has 0 aliphatic carbocycles. The first kappa shape index (κ1) is 16.3. The Morgan fingerprint density at radius 1 is 1.33 bits per heavy atom. The Morgan fingerprint density at radius 2 is 2.14 bits per heavy atom. The lowest BCUT2D eigenvalue weighted by Gasteiger charge is -2.42. The fourth-order valence-electron chi connectivity index (χ4n) is 3.02. The van der Waals surface area contributed by atoms with Crippen molar-refractivity contribution in [3.05, 3.63) is 29.8 Å². The summed E-state index contributed by atoms with van der Waals surface area (Å²) in [5.74, 6) is 0.933. The minimum absolute atomic E-state index is 0.341. The Hall–Kier alpha value is -1.10. The van der Waals surface area contributed by atoms with Gasteiger partial charge in [-0.25, -0.2) is 0 Å². The molecule has 2 unspecified atom stereocenters. The number of hydrogen-bond acceptors (Lipinski definition) is 4. The monoisotopic (exact) mass is 291 g/mol. The molecule has 0 aromatic heterocycles. The van der Waals surface area contributed by atoms with Gasteiger partial charge in [0.25, 0.3) is 0 Å². The van der Waals surface area contributed by atoms with Crippen LogP contribution in [0.4, 0.5) is 0 Å². The van der Waals surface area contributed by atoms with Crippen LogP contribution in [-0.2, 0) is 0 Å². The molecule has 0 spiro atoms. The van der Waals surface area contributed by atoms with E-state index in [4.69, 9.17) is 4.74 Å². The van der Waals surface area contributed by atoms with E-state index in [2.05, 4.69) is 54.3 Å². The SMILES string of the molecule is CCCNC(c1cccc(OC)c1)C1CN(C)CCN1C. The average Bonchev–Trinajstić information content (AvgIpc) is 2.51. The van der Waals surface area contributed by atoms with Gasteiger partial charge in [0.2, 0.25) is 0 Å². The Kier molecular flexibility index (Phi) is 6.03. The fraction of sp³-hybridized carbons (Fsp3) is 0.647. The average molecular weight is 291 g/mol. The number of piperazine rings is 1. The van der Waals surface area contributed by atoms with E-state index in [1.807, 2.05) is 6.07 Å². The minimum Gasteiger partial charge on any atom is -0.497 e. The summed E-state index contributed by atoms with van der Waals surface area (Å²) in [6.07, 6.45) is 1.15. The summed E-state index contributed by atoms with van der Waals surface area (Å²) in [5.41, 5.74) is 1.31. The maximum absolute atomic E-state index is 5.39. The van der Waals surface area contributed by atoms with Crippen molar-refractivity contribution in [2.24, 2.45) is 0 Å². The lowest BCUT2D eigenvalue weighted by molar-refractivity contribution is 0.0875. The summed E-state index contributed by atoms with van der Waals surface area (Å²) in [6.45, 7) is 6.61. The van der Waals surface area contributed by atoms with E-state index in [1.54, 1.807) is 7.11 Å². The smallest absolute Gasteiger partial charge is 0.119 e. The van der Waals surface area contributed by atoms with Crippen molar-refractivity contribution in [1.82, 2.24) is 15.1 Å². The molecule has 0 saturated carbocycles. The fourth-order valence-corrected chi connectivity index (χ4v) is 3.02. The normalized spacial score (nSPS) is 22.2. The molecule has 21 heavy (non-hydrogen) atoms. The molecule has 1 saturated heterocycles. The van der Waals surface area contributed by atoms with Crippen LogP contribution in [0.3, 0.4) is 0 Å². The van der Waals surface area contributed by atoms with Crippen LogP contribution in [0.25, 0.3) is 0 Å². The van der Waals surface area contributed by atoms with Gasteiger partial charge in [-0.3, -0.25) is 4.90 Å². The van der Waals surface area contributed by atoms with Crippen LogP contribution >= 0.6 is 0 Å². The highest BCUT2D eigenvalue weighted by Gasteiger charge is 2.30. The maximum atomic E-state index is 5.39. The van der Waals surface area contributed by atoms with E-state index in [1.165, 1.54) is 5.56 Å². The number of methoxy groups -OCH3 is 1. The Balaban J connectivity index is 2.23. The second-order valence-corrected chi connectivity index (χ2v) is 6.02. The molecule has 2 atom stereocenters. The molecule has 4 heteroatoms. The van der Waals surface area contributed by atoms with E-state index >= 15 is 0 Å². The second kappa shape index (κ2) is 7.78. The van der Waals surface area contributed by atoms with Crippen molar-refractivity contribution < 1.29 is 4.74 Å². The molecule has 1 aliphatic heterocycles. The molecule has 2 rings (SSSR count). The molecular formula is C17H29N3O. The largest absolute Gasteiger partial charge is 0.497 e. The Labute approximate surface area is 129 Å². The number of benzene rings is 1. The quantitative estimate of drug-likeness (QED) is 0.867. The molecule has 118 valence electrons. The number of nitrogens with zero attached hydrogens (tertiary/aromatic N) is 2. The third kappa shape index (κ3) is 4.19. The van der Waals surface area contributed by atoms with Gasteiger partial charge in [0.05, 0.1) is 7.11 Å². The van der Waals surface area contributed by atoms with Crippen LogP contribution in [0, 0.1) is 0 Å². The van der Waals surface area contributed by atoms with E-state index < -0.39 is 0 Å². The first-order chi connectivity index (χ1) is 10.2. The summed E-state index contributed by atoms with van der Waals surface area (Å²) in [6, 6.07) is 9.29. The predicted octanol–water partition coefficient (Wildman–Crippen LogP) is 1.98. The van der Waals surface area contributed by atoms with Crippen molar-refractivity contribution in [2.45, 2.75) is 25.4 Å². The van der Waals surface area contributed by atoms with Gasteiger partial charge in [0.15, 0.2) is 0 Å². The molecule has 1 aliphatic rings. The van der Waals surface area contributed by atoms with Gasteiger partial charge < -0.3 is 15.0 Å². The van der Waals surface area contributed by atoms with Crippen LogP contribution in [0.2, 0.25) is 0 Å². The van der Waals surface area contributed by atoms with E-state index in [0.717, 1.165) is 38.3 Å². The summed E-state index contributed by atoms with van der Waals surface area (Å²) < 4.78 is 5.39. The van der Waals surface area contributed by atoms with Gasteiger partial charge in [0.1, 0.15) is 5.75 Å². The number of ether oxygens (including phenoxy) is 1. The summed E-state index contributed by atoms with van der Waals surface area (Å²) in [5, 5.41) is 3.73. The minimum atomic E-state index is 0.341. The molecule has 0 amide bonds. The van der Waals surface area contributed by atoms with E-state index in [-0.39, 0.29) is 0 Å². The number of hydrogen-bond donors (Lipinski definition) is 1. The molecule has 1 N–H and O–H groups in total. The number of rotatable bonds is 6. The molecule has 1 heterocycles. The molecule has 1 fully saturated rings. The number of nitrogens with one attached hydrogen (secondary N) is 1. The number of likely N-dealkylation sites (N-methyl/N-ethyl adjacent to an activating group) is 2. The third-order valence-corrected chi connectivity index (χ3v) is 4.35. The highest BCUT2D eigenvalue weighted by atomic mass is 16.5. The standard InChI is InChI=1S/C17H29N3O/c1-5-9-18-17(14-7-6-8-15(12-14)21-4)16-13-19(2)10-11-20(16)3/h6-8,12,16-18H,5,9-11,13H2,1-4H3. The van der Waals surface area contributed by atoms with Gasteiger partial charge in [-0.1, -0.05) is 19.1 Å². The van der Waals surface area contributed by atoms with Crippen molar-refractivity contribution >= 4 is 0 Å². The van der Waals surface area contributed by atoms with Crippen LogP contribution in [0.1, 0.15) is 24.9 Å². The van der Waals surface area contributed by atoms with Gasteiger partial charge >= 0.3 is 0 Å². The lowest BCUT2D eigenvalue weighted by Crippen LogP contribution is -2.55. The highest BCUT2D eigenvalue weighted by molar-refractivity contribution is 5.31. The molecule has 4 nitrogen and oxygen atoms in total. The van der Waals surface area contributed by atoms with Crippen molar-refractivity contribution in [3.63, 3.8) is 0 Å². The Bertz CT molecular complexity index is 438. The zero-order chi connectivity index (χ0) is 15.2. The van der Waals surface area contributed by atoms with Crippen LogP contribution in [0.15, 0.2) is 24.3 Å². The van der Waals surface area contributed by atoms with Gasteiger partial charge in [-0.15, -0.1) is 0 Å². The maximum Gasteiger partial charge on any atom is 0.119 e. The molecular weight excluding hydrogens is 262 g/mol. The summed E-state index contributed by atoms with van der Waals surface area (Å²) in [7, 11) is 6.18. The highest BCUT2D eigenvalue weighted by Crippen LogP contribution is 2.26. The zero-order valence-electron chi connectivity index (χ0n) is 13.8. The molecule has 1 aromatic rings.